The van der Waals surface area contributed by atoms with Gasteiger partial charge in [-0.2, -0.15) is 0 Å². The molecule has 0 bridgehead atoms. The lowest BCUT2D eigenvalue weighted by molar-refractivity contribution is 0.104. The molecule has 2 atom stereocenters. The van der Waals surface area contributed by atoms with Gasteiger partial charge in [0.1, 0.15) is 18.5 Å². The van der Waals surface area contributed by atoms with E-state index >= 15 is 0 Å². The molecule has 2 aromatic rings. The SMILES string of the molecule is Cc1ccc(C(C)NCC(O)COc2ccccc2)cc1. The van der Waals surface area contributed by atoms with Gasteiger partial charge in [0, 0.05) is 12.6 Å². The van der Waals surface area contributed by atoms with Crippen LogP contribution in [0.5, 0.6) is 5.75 Å². The summed E-state index contributed by atoms with van der Waals surface area (Å²) in [6.07, 6.45) is -0.530. The summed E-state index contributed by atoms with van der Waals surface area (Å²) in [7, 11) is 0. The third-order valence-corrected chi connectivity index (χ3v) is 3.42. The minimum atomic E-state index is -0.530. The third kappa shape index (κ3) is 5.21. The summed E-state index contributed by atoms with van der Waals surface area (Å²) in [6, 6.07) is 18.2. The maximum absolute atomic E-state index is 9.96. The molecule has 0 aliphatic carbocycles. The first-order chi connectivity index (χ1) is 10.1. The third-order valence-electron chi connectivity index (χ3n) is 3.42. The average molecular weight is 285 g/mol. The fraction of sp³-hybridized carbons (Fsp3) is 0.333. The van der Waals surface area contributed by atoms with Crippen LogP contribution in [0.2, 0.25) is 0 Å². The minimum absolute atomic E-state index is 0.206. The van der Waals surface area contributed by atoms with E-state index in [1.807, 2.05) is 30.3 Å². The summed E-state index contributed by atoms with van der Waals surface area (Å²) in [5.41, 5.74) is 2.47. The second-order valence-corrected chi connectivity index (χ2v) is 5.32. The second kappa shape index (κ2) is 7.81. The van der Waals surface area contributed by atoms with Gasteiger partial charge in [-0.05, 0) is 31.5 Å². The van der Waals surface area contributed by atoms with E-state index in [-0.39, 0.29) is 12.6 Å². The van der Waals surface area contributed by atoms with Crippen molar-refractivity contribution < 1.29 is 9.84 Å². The normalized spacial score (nSPS) is 13.7. The zero-order valence-corrected chi connectivity index (χ0v) is 12.6. The first-order valence-electron chi connectivity index (χ1n) is 7.31. The molecule has 0 radical (unpaired) electrons. The van der Waals surface area contributed by atoms with Crippen molar-refractivity contribution in [2.75, 3.05) is 13.2 Å². The lowest BCUT2D eigenvalue weighted by atomic mass is 10.1. The molecule has 0 aliphatic heterocycles. The monoisotopic (exact) mass is 285 g/mol. The molecule has 3 nitrogen and oxygen atoms in total. The van der Waals surface area contributed by atoms with Gasteiger partial charge in [-0.25, -0.2) is 0 Å². The van der Waals surface area contributed by atoms with E-state index in [9.17, 15) is 5.11 Å². The molecule has 3 heteroatoms. The number of hydrogen-bond acceptors (Lipinski definition) is 3. The van der Waals surface area contributed by atoms with E-state index < -0.39 is 6.10 Å². The molecule has 0 saturated heterocycles. The fourth-order valence-electron chi connectivity index (χ4n) is 2.05. The largest absolute Gasteiger partial charge is 0.491 e. The number of aliphatic hydroxyl groups is 1. The maximum atomic E-state index is 9.96. The highest BCUT2D eigenvalue weighted by molar-refractivity contribution is 5.23. The Morgan fingerprint density at radius 1 is 1.05 bits per heavy atom. The Morgan fingerprint density at radius 3 is 2.38 bits per heavy atom. The molecule has 112 valence electrons. The van der Waals surface area contributed by atoms with E-state index in [0.717, 1.165) is 5.75 Å². The molecule has 0 spiro atoms. The number of rotatable bonds is 7. The molecule has 2 rings (SSSR count). The molecule has 2 N–H and O–H groups in total. The average Bonchev–Trinajstić information content (AvgIpc) is 2.52. The van der Waals surface area contributed by atoms with E-state index in [1.165, 1.54) is 11.1 Å². The highest BCUT2D eigenvalue weighted by Crippen LogP contribution is 2.13. The summed E-state index contributed by atoms with van der Waals surface area (Å²) in [5.74, 6) is 0.781. The van der Waals surface area contributed by atoms with E-state index in [1.54, 1.807) is 0 Å². The highest BCUT2D eigenvalue weighted by atomic mass is 16.5. The summed E-state index contributed by atoms with van der Waals surface area (Å²) in [4.78, 5) is 0. The molecule has 0 amide bonds. The molecule has 0 saturated carbocycles. The van der Waals surface area contributed by atoms with Crippen molar-refractivity contribution in [2.24, 2.45) is 0 Å². The zero-order chi connectivity index (χ0) is 15.1. The van der Waals surface area contributed by atoms with Crippen molar-refractivity contribution in [3.05, 3.63) is 65.7 Å². The lowest BCUT2D eigenvalue weighted by Crippen LogP contribution is -2.33. The summed E-state index contributed by atoms with van der Waals surface area (Å²) >= 11 is 0. The molecular formula is C18H23NO2. The minimum Gasteiger partial charge on any atom is -0.491 e. The highest BCUT2D eigenvalue weighted by Gasteiger charge is 2.09. The first kappa shape index (κ1) is 15.5. The van der Waals surface area contributed by atoms with Gasteiger partial charge in [-0.1, -0.05) is 48.0 Å². The van der Waals surface area contributed by atoms with E-state index in [0.29, 0.717) is 6.54 Å². The molecule has 2 unspecified atom stereocenters. The van der Waals surface area contributed by atoms with E-state index in [2.05, 4.69) is 43.4 Å². The molecule has 0 fully saturated rings. The summed E-state index contributed by atoms with van der Waals surface area (Å²) in [5, 5.41) is 13.3. The van der Waals surface area contributed by atoms with Crippen LogP contribution in [0.3, 0.4) is 0 Å². The topological polar surface area (TPSA) is 41.5 Å². The van der Waals surface area contributed by atoms with Gasteiger partial charge in [-0.3, -0.25) is 0 Å². The van der Waals surface area contributed by atoms with Gasteiger partial charge in [0.05, 0.1) is 0 Å². The van der Waals surface area contributed by atoms with Crippen LogP contribution >= 0.6 is 0 Å². The van der Waals surface area contributed by atoms with Crippen LogP contribution < -0.4 is 10.1 Å². The molecular weight excluding hydrogens is 262 g/mol. The molecule has 21 heavy (non-hydrogen) atoms. The van der Waals surface area contributed by atoms with Gasteiger partial charge in [0.15, 0.2) is 0 Å². The Hall–Kier alpha value is -1.84. The van der Waals surface area contributed by atoms with Crippen LogP contribution in [0.4, 0.5) is 0 Å². The Bertz CT molecular complexity index is 525. The number of aliphatic hydroxyl groups excluding tert-OH is 1. The van der Waals surface area contributed by atoms with Crippen molar-refractivity contribution in [3.63, 3.8) is 0 Å². The Kier molecular flexibility index (Phi) is 5.78. The molecule has 2 aromatic carbocycles. The number of ether oxygens (including phenoxy) is 1. The van der Waals surface area contributed by atoms with Crippen molar-refractivity contribution in [3.8, 4) is 5.75 Å². The second-order valence-electron chi connectivity index (χ2n) is 5.32. The Balaban J connectivity index is 1.73. The van der Waals surface area contributed by atoms with Crippen LogP contribution in [-0.4, -0.2) is 24.4 Å². The van der Waals surface area contributed by atoms with Gasteiger partial charge in [0.2, 0.25) is 0 Å². The predicted molar refractivity (Wildman–Crippen MR) is 85.5 cm³/mol. The van der Waals surface area contributed by atoms with Crippen molar-refractivity contribution >= 4 is 0 Å². The molecule has 0 aliphatic rings. The van der Waals surface area contributed by atoms with Crippen molar-refractivity contribution in [1.29, 1.82) is 0 Å². The smallest absolute Gasteiger partial charge is 0.119 e. The van der Waals surface area contributed by atoms with Crippen LogP contribution in [0.15, 0.2) is 54.6 Å². The van der Waals surface area contributed by atoms with Gasteiger partial charge < -0.3 is 15.2 Å². The van der Waals surface area contributed by atoms with Gasteiger partial charge in [0.25, 0.3) is 0 Å². The summed E-state index contributed by atoms with van der Waals surface area (Å²) in [6.45, 7) is 4.96. The van der Waals surface area contributed by atoms with Crippen LogP contribution in [0, 0.1) is 6.92 Å². The van der Waals surface area contributed by atoms with Crippen LogP contribution in [0.25, 0.3) is 0 Å². The number of nitrogens with one attached hydrogen (secondary N) is 1. The van der Waals surface area contributed by atoms with Crippen molar-refractivity contribution in [1.82, 2.24) is 5.32 Å². The van der Waals surface area contributed by atoms with Gasteiger partial charge >= 0.3 is 0 Å². The fourth-order valence-corrected chi connectivity index (χ4v) is 2.05. The maximum Gasteiger partial charge on any atom is 0.119 e. The van der Waals surface area contributed by atoms with E-state index in [4.69, 9.17) is 4.74 Å². The number of benzene rings is 2. The molecule has 0 heterocycles. The standard InChI is InChI=1S/C18H23NO2/c1-14-8-10-16(11-9-14)15(2)19-12-17(20)13-21-18-6-4-3-5-7-18/h3-11,15,17,19-20H,12-13H2,1-2H3. The Labute approximate surface area is 126 Å². The summed E-state index contributed by atoms with van der Waals surface area (Å²) < 4.78 is 5.53. The number of hydrogen-bond donors (Lipinski definition) is 2. The van der Waals surface area contributed by atoms with Crippen LogP contribution in [0.1, 0.15) is 24.1 Å². The Morgan fingerprint density at radius 2 is 1.71 bits per heavy atom. The lowest BCUT2D eigenvalue weighted by Gasteiger charge is -2.18. The number of para-hydroxylation sites is 1. The van der Waals surface area contributed by atoms with Crippen molar-refractivity contribution in [2.45, 2.75) is 26.0 Å². The molecule has 0 aromatic heterocycles. The first-order valence-corrected chi connectivity index (χ1v) is 7.31. The number of aryl methyl sites for hydroxylation is 1. The predicted octanol–water partition coefficient (Wildman–Crippen LogP) is 3.09. The van der Waals surface area contributed by atoms with Crippen LogP contribution in [-0.2, 0) is 0 Å². The van der Waals surface area contributed by atoms with Gasteiger partial charge in [-0.15, -0.1) is 0 Å². The quantitative estimate of drug-likeness (QED) is 0.821. The zero-order valence-electron chi connectivity index (χ0n) is 12.6.